The molecule has 2 fully saturated rings. The summed E-state index contributed by atoms with van der Waals surface area (Å²) < 4.78 is 35.4. The van der Waals surface area contributed by atoms with Crippen molar-refractivity contribution in [3.8, 4) is 5.75 Å². The van der Waals surface area contributed by atoms with E-state index < -0.39 is 5.82 Å². The van der Waals surface area contributed by atoms with E-state index in [2.05, 4.69) is 6.92 Å². The van der Waals surface area contributed by atoms with Gasteiger partial charge in [0.1, 0.15) is 12.4 Å². The van der Waals surface area contributed by atoms with Crippen LogP contribution in [0.3, 0.4) is 0 Å². The number of halogens is 2. The van der Waals surface area contributed by atoms with Crippen molar-refractivity contribution in [1.29, 1.82) is 0 Å². The molecule has 0 radical (unpaired) electrons. The fourth-order valence-corrected chi connectivity index (χ4v) is 5.90. The number of benzene rings is 2. The highest BCUT2D eigenvalue weighted by Gasteiger charge is 2.36. The van der Waals surface area contributed by atoms with E-state index in [4.69, 9.17) is 4.74 Å². The maximum atomic E-state index is 15.4. The lowest BCUT2D eigenvalue weighted by Crippen LogP contribution is -2.30. The Morgan fingerprint density at radius 3 is 2.63 bits per heavy atom. The van der Waals surface area contributed by atoms with Crippen LogP contribution in [-0.2, 0) is 0 Å². The Balaban J connectivity index is 1.52. The first-order valence-electron chi connectivity index (χ1n) is 11.8. The first-order valence-corrected chi connectivity index (χ1v) is 11.8. The summed E-state index contributed by atoms with van der Waals surface area (Å²) in [4.78, 5) is 0. The average molecular weight is 413 g/mol. The van der Waals surface area contributed by atoms with Crippen molar-refractivity contribution in [2.75, 3.05) is 6.61 Å². The summed E-state index contributed by atoms with van der Waals surface area (Å²) in [6.07, 6.45) is 13.7. The van der Waals surface area contributed by atoms with Crippen LogP contribution < -0.4 is 4.74 Å². The van der Waals surface area contributed by atoms with Crippen molar-refractivity contribution in [2.24, 2.45) is 17.8 Å². The number of allylic oxidation sites excluding steroid dienone is 1. The molecule has 2 aromatic rings. The van der Waals surface area contributed by atoms with Crippen molar-refractivity contribution in [2.45, 2.75) is 71.1 Å². The molecule has 3 heteroatoms. The normalized spacial score (nSPS) is 26.8. The first kappa shape index (κ1) is 21.3. The van der Waals surface area contributed by atoms with E-state index in [1.807, 2.05) is 31.2 Å². The van der Waals surface area contributed by atoms with Gasteiger partial charge in [0.2, 0.25) is 0 Å². The summed E-state index contributed by atoms with van der Waals surface area (Å²) in [7, 11) is 0. The highest BCUT2D eigenvalue weighted by Crippen LogP contribution is 2.49. The highest BCUT2D eigenvalue weighted by molar-refractivity contribution is 5.85. The first-order chi connectivity index (χ1) is 14.6. The van der Waals surface area contributed by atoms with Crippen LogP contribution in [0.1, 0.15) is 76.7 Å². The topological polar surface area (TPSA) is 9.23 Å². The molecule has 0 amide bonds. The third kappa shape index (κ3) is 4.40. The van der Waals surface area contributed by atoms with Gasteiger partial charge in [-0.3, -0.25) is 0 Å². The third-order valence-corrected chi connectivity index (χ3v) is 7.47. The summed E-state index contributed by atoms with van der Waals surface area (Å²) in [6, 6.07) is 6.78. The molecule has 0 heterocycles. The van der Waals surface area contributed by atoms with Gasteiger partial charge in [-0.25, -0.2) is 8.78 Å². The van der Waals surface area contributed by atoms with Crippen LogP contribution in [0, 0.1) is 29.4 Å². The molecule has 2 unspecified atom stereocenters. The molecule has 0 bridgehead atoms. The number of hydrogen-bond acceptors (Lipinski definition) is 1. The highest BCUT2D eigenvalue weighted by atomic mass is 19.1. The summed E-state index contributed by atoms with van der Waals surface area (Å²) in [6.45, 7) is 4.48. The van der Waals surface area contributed by atoms with Gasteiger partial charge in [0.05, 0.1) is 0 Å². The van der Waals surface area contributed by atoms with Gasteiger partial charge in [-0.1, -0.05) is 50.5 Å². The number of hydrogen-bond donors (Lipinski definition) is 0. The third-order valence-electron chi connectivity index (χ3n) is 7.47. The Kier molecular flexibility index (Phi) is 6.75. The number of rotatable bonds is 6. The molecule has 1 nitrogen and oxygen atoms in total. The number of ether oxygens (including phenoxy) is 1. The van der Waals surface area contributed by atoms with Gasteiger partial charge in [0.15, 0.2) is 11.6 Å². The van der Waals surface area contributed by atoms with E-state index >= 15 is 4.39 Å². The van der Waals surface area contributed by atoms with Crippen LogP contribution in [0.5, 0.6) is 5.75 Å². The van der Waals surface area contributed by atoms with E-state index in [9.17, 15) is 4.39 Å². The van der Waals surface area contributed by atoms with Crippen LogP contribution >= 0.6 is 0 Å². The molecule has 2 aliphatic rings. The largest absolute Gasteiger partial charge is 0.486 e. The van der Waals surface area contributed by atoms with Gasteiger partial charge in [-0.05, 0) is 85.8 Å². The summed E-state index contributed by atoms with van der Waals surface area (Å²) in [5.41, 5.74) is 0.776. The van der Waals surface area contributed by atoms with Crippen molar-refractivity contribution in [1.82, 2.24) is 0 Å². The molecule has 0 saturated heterocycles. The van der Waals surface area contributed by atoms with Gasteiger partial charge in [-0.15, -0.1) is 0 Å². The Morgan fingerprint density at radius 1 is 1.03 bits per heavy atom. The maximum Gasteiger partial charge on any atom is 0.165 e. The minimum atomic E-state index is -0.499. The zero-order valence-electron chi connectivity index (χ0n) is 18.3. The predicted molar refractivity (Wildman–Crippen MR) is 120 cm³/mol. The molecule has 4 rings (SSSR count). The summed E-state index contributed by atoms with van der Waals surface area (Å²) in [5.74, 6) is 2.15. The molecular weight excluding hydrogens is 378 g/mol. The lowest BCUT2D eigenvalue weighted by Gasteiger charge is -2.42. The van der Waals surface area contributed by atoms with Crippen LogP contribution in [-0.4, -0.2) is 6.61 Å². The van der Waals surface area contributed by atoms with Crippen molar-refractivity contribution >= 4 is 10.8 Å². The van der Waals surface area contributed by atoms with E-state index in [0.717, 1.165) is 36.2 Å². The fourth-order valence-electron chi connectivity index (χ4n) is 5.90. The molecule has 4 atom stereocenters. The summed E-state index contributed by atoms with van der Waals surface area (Å²) in [5, 5.41) is 1.07. The molecule has 162 valence electrons. The van der Waals surface area contributed by atoms with Crippen LogP contribution in [0.25, 0.3) is 10.8 Å². The Morgan fingerprint density at radius 2 is 1.83 bits per heavy atom. The Labute approximate surface area is 179 Å². The van der Waals surface area contributed by atoms with Crippen molar-refractivity contribution in [3.05, 3.63) is 53.6 Å². The van der Waals surface area contributed by atoms with Gasteiger partial charge < -0.3 is 4.74 Å². The molecule has 0 N–H and O–H groups in total. The monoisotopic (exact) mass is 412 g/mol. The van der Waals surface area contributed by atoms with Gasteiger partial charge >= 0.3 is 0 Å². The minimum absolute atomic E-state index is 0.178. The molecule has 2 aliphatic carbocycles. The Bertz CT molecular complexity index is 903. The second-order valence-corrected chi connectivity index (χ2v) is 9.35. The van der Waals surface area contributed by atoms with E-state index in [1.165, 1.54) is 44.6 Å². The van der Waals surface area contributed by atoms with E-state index in [0.29, 0.717) is 17.4 Å². The molecule has 0 aromatic heterocycles. The maximum absolute atomic E-state index is 15.4. The van der Waals surface area contributed by atoms with E-state index in [-0.39, 0.29) is 17.5 Å². The van der Waals surface area contributed by atoms with Gasteiger partial charge in [0, 0.05) is 5.39 Å². The second-order valence-electron chi connectivity index (χ2n) is 9.35. The fraction of sp³-hybridized carbons (Fsp3) is 0.556. The molecule has 0 aliphatic heterocycles. The van der Waals surface area contributed by atoms with Crippen molar-refractivity contribution < 1.29 is 13.5 Å². The zero-order chi connectivity index (χ0) is 21.1. The lowest BCUT2D eigenvalue weighted by atomic mass is 9.63. The van der Waals surface area contributed by atoms with Crippen LogP contribution in [0.2, 0.25) is 0 Å². The van der Waals surface area contributed by atoms with Crippen LogP contribution in [0.4, 0.5) is 8.78 Å². The smallest absolute Gasteiger partial charge is 0.165 e. The van der Waals surface area contributed by atoms with Gasteiger partial charge in [0.25, 0.3) is 0 Å². The quantitative estimate of drug-likeness (QED) is 0.435. The Hall–Kier alpha value is -1.90. The number of fused-ring (bicyclic) bond motifs is 2. The van der Waals surface area contributed by atoms with E-state index in [1.54, 1.807) is 6.07 Å². The summed E-state index contributed by atoms with van der Waals surface area (Å²) >= 11 is 0. The minimum Gasteiger partial charge on any atom is -0.486 e. The van der Waals surface area contributed by atoms with Crippen molar-refractivity contribution in [3.63, 3.8) is 0 Å². The zero-order valence-corrected chi connectivity index (χ0v) is 18.3. The SMILES string of the molecule is C/C=C/COc1cc2ccc([C@@H]3CC[C@@H]4CC(CCC)CCC4C3)c(F)c2cc1F. The molecule has 0 spiro atoms. The molecule has 30 heavy (non-hydrogen) atoms. The molecule has 2 aromatic carbocycles. The lowest BCUT2D eigenvalue weighted by molar-refractivity contribution is 0.113. The second kappa shape index (κ2) is 9.49. The molecule has 2 saturated carbocycles. The molecular formula is C27H34F2O. The van der Waals surface area contributed by atoms with Gasteiger partial charge in [-0.2, -0.15) is 0 Å². The predicted octanol–water partition coefficient (Wildman–Crippen LogP) is 8.17. The van der Waals surface area contributed by atoms with Crippen LogP contribution in [0.15, 0.2) is 36.4 Å². The average Bonchev–Trinajstić information content (AvgIpc) is 2.75. The standard InChI is InChI=1S/C27H34F2O/c1-3-5-13-30-26-16-22-11-12-23(27(29)24(22)17-25(26)28)21-10-9-19-14-18(6-4-2)7-8-20(19)15-21/h3,5,11-12,16-21H,4,6-10,13-15H2,1-2H3/b5-3+/t18?,19-,20?,21-/m1/s1.